The maximum absolute atomic E-state index is 14.7. The van der Waals surface area contributed by atoms with Gasteiger partial charge in [0.25, 0.3) is 11.7 Å². The second kappa shape index (κ2) is 8.70. The minimum absolute atomic E-state index is 0.0288. The summed E-state index contributed by atoms with van der Waals surface area (Å²) in [5.41, 5.74) is -0.638. The van der Waals surface area contributed by atoms with Crippen LogP contribution in [0.1, 0.15) is 17.3 Å². The number of pyridine rings is 1. The number of aromatic nitrogens is 1. The summed E-state index contributed by atoms with van der Waals surface area (Å²) in [4.78, 5) is 31.2. The van der Waals surface area contributed by atoms with E-state index in [9.17, 15) is 23.5 Å². The number of amides is 1. The highest BCUT2D eigenvalue weighted by atomic mass is 19.1. The van der Waals surface area contributed by atoms with Gasteiger partial charge in [-0.3, -0.25) is 19.5 Å². The molecular weight excluding hydrogens is 434 g/mol. The van der Waals surface area contributed by atoms with E-state index in [0.29, 0.717) is 0 Å². The van der Waals surface area contributed by atoms with Crippen molar-refractivity contribution in [1.29, 1.82) is 0 Å². The van der Waals surface area contributed by atoms with E-state index in [-0.39, 0.29) is 28.3 Å². The average Bonchev–Trinajstić information content (AvgIpc) is 3.10. The van der Waals surface area contributed by atoms with Crippen LogP contribution in [0.2, 0.25) is 0 Å². The van der Waals surface area contributed by atoms with E-state index in [0.717, 1.165) is 23.1 Å². The molecular formula is C24H18F2N2O5. The predicted molar refractivity (Wildman–Crippen MR) is 115 cm³/mol. The first-order chi connectivity index (χ1) is 15.9. The van der Waals surface area contributed by atoms with Crippen molar-refractivity contribution in [2.24, 2.45) is 0 Å². The highest BCUT2D eigenvalue weighted by Gasteiger charge is 2.49. The molecule has 1 N–H and O–H groups in total. The molecule has 2 heterocycles. The number of nitrogens with zero attached hydrogens (tertiary/aromatic N) is 2. The number of ketones is 1. The molecule has 33 heavy (non-hydrogen) atoms. The number of rotatable bonds is 5. The number of aliphatic hydroxyl groups excluding tert-OH is 1. The third-order valence-corrected chi connectivity index (χ3v) is 5.24. The molecule has 2 aromatic carbocycles. The molecule has 9 heteroatoms. The van der Waals surface area contributed by atoms with Crippen molar-refractivity contribution >= 4 is 23.1 Å². The van der Waals surface area contributed by atoms with Gasteiger partial charge in [0.05, 0.1) is 31.2 Å². The van der Waals surface area contributed by atoms with Gasteiger partial charge in [-0.2, -0.15) is 0 Å². The Hall–Kier alpha value is -4.27. The van der Waals surface area contributed by atoms with Crippen molar-refractivity contribution in [2.45, 2.75) is 6.04 Å². The Balaban J connectivity index is 2.03. The first-order valence-corrected chi connectivity index (χ1v) is 9.77. The highest BCUT2D eigenvalue weighted by Crippen LogP contribution is 2.45. The lowest BCUT2D eigenvalue weighted by molar-refractivity contribution is -0.132. The first kappa shape index (κ1) is 21.9. The smallest absolute Gasteiger partial charge is 0.300 e. The van der Waals surface area contributed by atoms with Gasteiger partial charge in [0.1, 0.15) is 40.5 Å². The van der Waals surface area contributed by atoms with E-state index >= 15 is 0 Å². The predicted octanol–water partition coefficient (Wildman–Crippen LogP) is 4.00. The Kier molecular flexibility index (Phi) is 5.78. The van der Waals surface area contributed by atoms with E-state index < -0.39 is 40.8 Å². The Labute approximate surface area is 187 Å². The van der Waals surface area contributed by atoms with Gasteiger partial charge in [-0.15, -0.1) is 0 Å². The van der Waals surface area contributed by atoms with Gasteiger partial charge in [-0.1, -0.05) is 12.1 Å². The van der Waals surface area contributed by atoms with E-state index in [1.165, 1.54) is 38.6 Å². The van der Waals surface area contributed by atoms with Gasteiger partial charge in [0.2, 0.25) is 0 Å². The van der Waals surface area contributed by atoms with Crippen LogP contribution in [0.5, 0.6) is 11.5 Å². The number of carbonyl (C=O) groups excluding carboxylic acids is 2. The zero-order chi connectivity index (χ0) is 23.7. The summed E-state index contributed by atoms with van der Waals surface area (Å²) in [7, 11) is 2.73. The van der Waals surface area contributed by atoms with Crippen molar-refractivity contribution in [3.05, 3.63) is 89.3 Å². The minimum Gasteiger partial charge on any atom is -0.506 e. The number of anilines is 1. The molecule has 1 saturated heterocycles. The fraction of sp³-hybridized carbons (Fsp3) is 0.125. The number of hydrogen-bond acceptors (Lipinski definition) is 6. The summed E-state index contributed by atoms with van der Waals surface area (Å²) in [6.07, 6.45) is 1.42. The average molecular weight is 452 g/mol. The van der Waals surface area contributed by atoms with Crippen molar-refractivity contribution in [3.8, 4) is 11.5 Å². The van der Waals surface area contributed by atoms with Crippen LogP contribution in [0.25, 0.3) is 5.76 Å². The fourth-order valence-electron chi connectivity index (χ4n) is 3.79. The van der Waals surface area contributed by atoms with Gasteiger partial charge in [0.15, 0.2) is 0 Å². The number of halogens is 2. The van der Waals surface area contributed by atoms with Crippen LogP contribution in [-0.4, -0.2) is 36.0 Å². The molecule has 0 spiro atoms. The number of ether oxygens (including phenoxy) is 2. The second-order valence-electron chi connectivity index (χ2n) is 7.06. The maximum Gasteiger partial charge on any atom is 0.300 e. The lowest BCUT2D eigenvalue weighted by atomic mass is 9.97. The van der Waals surface area contributed by atoms with Crippen LogP contribution in [0.4, 0.5) is 14.5 Å². The van der Waals surface area contributed by atoms with Crippen molar-refractivity contribution in [3.63, 3.8) is 0 Å². The molecule has 4 rings (SSSR count). The molecule has 0 saturated carbocycles. The van der Waals surface area contributed by atoms with Gasteiger partial charge < -0.3 is 14.6 Å². The largest absolute Gasteiger partial charge is 0.506 e. The Bertz CT molecular complexity index is 1250. The van der Waals surface area contributed by atoms with Gasteiger partial charge in [-0.25, -0.2) is 8.78 Å². The van der Waals surface area contributed by atoms with Crippen LogP contribution >= 0.6 is 0 Å². The van der Waals surface area contributed by atoms with Gasteiger partial charge in [-0.05, 0) is 36.4 Å². The molecule has 168 valence electrons. The zero-order valence-corrected chi connectivity index (χ0v) is 17.6. The molecule has 1 fully saturated rings. The maximum atomic E-state index is 14.7. The molecule has 3 aromatic rings. The third-order valence-electron chi connectivity index (χ3n) is 5.24. The van der Waals surface area contributed by atoms with Crippen molar-refractivity contribution in [2.75, 3.05) is 19.1 Å². The zero-order valence-electron chi connectivity index (χ0n) is 17.6. The Morgan fingerprint density at radius 1 is 1.00 bits per heavy atom. The summed E-state index contributed by atoms with van der Waals surface area (Å²) in [6.45, 7) is 0. The number of hydrogen-bond donors (Lipinski definition) is 1. The standard InChI is InChI=1S/C24H18F2N2O5/c1-32-17-7-5-8-18(33-2)19(17)22(29)20-21(15-6-3-4-11-27-15)28(24(31)23(20)30)16-12-13(25)9-10-14(16)26/h3-12,21,29H,1-2H3/b22-20+. The molecule has 1 atom stereocenters. The van der Waals surface area contributed by atoms with Crippen LogP contribution < -0.4 is 14.4 Å². The molecule has 1 aliphatic rings. The van der Waals surface area contributed by atoms with Crippen molar-refractivity contribution in [1.82, 2.24) is 4.98 Å². The van der Waals surface area contributed by atoms with Gasteiger partial charge >= 0.3 is 0 Å². The molecule has 7 nitrogen and oxygen atoms in total. The van der Waals surface area contributed by atoms with Crippen LogP contribution in [0.15, 0.2) is 66.4 Å². The number of aliphatic hydroxyl groups is 1. The Morgan fingerprint density at radius 2 is 1.70 bits per heavy atom. The number of methoxy groups -OCH3 is 2. The Morgan fingerprint density at radius 3 is 2.30 bits per heavy atom. The lowest BCUT2D eigenvalue weighted by Gasteiger charge is -2.25. The molecule has 0 aliphatic carbocycles. The van der Waals surface area contributed by atoms with E-state index in [4.69, 9.17) is 9.47 Å². The summed E-state index contributed by atoms with van der Waals surface area (Å²) < 4.78 is 39.3. The molecule has 1 aromatic heterocycles. The van der Waals surface area contributed by atoms with Crippen LogP contribution in [-0.2, 0) is 9.59 Å². The van der Waals surface area contributed by atoms with Crippen LogP contribution in [0, 0.1) is 11.6 Å². The normalized spacial score (nSPS) is 17.3. The summed E-state index contributed by atoms with van der Waals surface area (Å²) >= 11 is 0. The number of carbonyl (C=O) groups is 2. The summed E-state index contributed by atoms with van der Waals surface area (Å²) in [6, 6.07) is 10.6. The van der Waals surface area contributed by atoms with E-state index in [1.54, 1.807) is 18.2 Å². The molecule has 1 amide bonds. The molecule has 0 radical (unpaired) electrons. The second-order valence-corrected chi connectivity index (χ2v) is 7.06. The van der Waals surface area contributed by atoms with Crippen LogP contribution in [0.3, 0.4) is 0 Å². The summed E-state index contributed by atoms with van der Waals surface area (Å²) in [5, 5.41) is 11.3. The molecule has 0 bridgehead atoms. The van der Waals surface area contributed by atoms with Gasteiger partial charge in [0, 0.05) is 12.3 Å². The van der Waals surface area contributed by atoms with E-state index in [2.05, 4.69) is 4.98 Å². The fourth-order valence-corrected chi connectivity index (χ4v) is 3.79. The number of Topliss-reactive ketones (excluding diaryl/α,β-unsaturated/α-hetero) is 1. The topological polar surface area (TPSA) is 89.0 Å². The lowest BCUT2D eigenvalue weighted by Crippen LogP contribution is -2.30. The molecule has 1 aliphatic heterocycles. The number of benzene rings is 2. The quantitative estimate of drug-likeness (QED) is 0.358. The molecule has 1 unspecified atom stereocenters. The monoisotopic (exact) mass is 452 g/mol. The van der Waals surface area contributed by atoms with Crippen molar-refractivity contribution < 1.29 is 33.0 Å². The SMILES string of the molecule is COc1cccc(OC)c1/C(O)=C1\C(=O)C(=O)N(c2cc(F)ccc2F)C1c1ccccn1. The first-order valence-electron chi connectivity index (χ1n) is 9.77. The van der Waals surface area contributed by atoms with E-state index in [1.807, 2.05) is 0 Å². The minimum atomic E-state index is -1.34. The third kappa shape index (κ3) is 3.67. The summed E-state index contributed by atoms with van der Waals surface area (Å²) in [5.74, 6) is -4.22. The highest BCUT2D eigenvalue weighted by molar-refractivity contribution is 6.51.